The highest BCUT2D eigenvalue weighted by atomic mass is 19.1. The second-order valence-electron chi connectivity index (χ2n) is 7.16. The van der Waals surface area contributed by atoms with Crippen molar-refractivity contribution in [1.29, 1.82) is 0 Å². The first kappa shape index (κ1) is 20.2. The van der Waals surface area contributed by atoms with Crippen LogP contribution >= 0.6 is 0 Å². The van der Waals surface area contributed by atoms with Crippen LogP contribution in [-0.2, 0) is 0 Å². The molecule has 0 aliphatic carbocycles. The number of hydrogen-bond acceptors (Lipinski definition) is 7. The highest BCUT2D eigenvalue weighted by molar-refractivity contribution is 6.03. The predicted octanol–water partition coefficient (Wildman–Crippen LogP) is 4.25. The largest absolute Gasteiger partial charge is 0.341 e. The Labute approximate surface area is 187 Å². The van der Waals surface area contributed by atoms with Gasteiger partial charge in [0.15, 0.2) is 5.65 Å². The number of amides is 1. The van der Waals surface area contributed by atoms with Gasteiger partial charge >= 0.3 is 0 Å². The number of aryl methyl sites for hydroxylation is 1. The smallest absolute Gasteiger partial charge is 0.274 e. The lowest BCUT2D eigenvalue weighted by Gasteiger charge is -2.13. The van der Waals surface area contributed by atoms with E-state index in [1.165, 1.54) is 18.5 Å². The van der Waals surface area contributed by atoms with Gasteiger partial charge in [0.25, 0.3) is 5.91 Å². The number of aromatic amines is 1. The lowest BCUT2D eigenvalue weighted by Crippen LogP contribution is -2.15. The Morgan fingerprint density at radius 3 is 2.82 bits per heavy atom. The number of nitrogens with one attached hydrogen (secondary N) is 3. The Balaban J connectivity index is 1.45. The number of nitrogens with zero attached hydrogens (tertiary/aromatic N) is 5. The van der Waals surface area contributed by atoms with Gasteiger partial charge in [0, 0.05) is 23.1 Å². The quantitative estimate of drug-likeness (QED) is 0.373. The molecule has 0 saturated heterocycles. The fourth-order valence-corrected chi connectivity index (χ4v) is 3.36. The fourth-order valence-electron chi connectivity index (χ4n) is 3.36. The average molecular weight is 440 g/mol. The minimum Gasteiger partial charge on any atom is -0.341 e. The summed E-state index contributed by atoms with van der Waals surface area (Å²) in [4.78, 5) is 36.8. The van der Waals surface area contributed by atoms with Crippen molar-refractivity contribution in [1.82, 2.24) is 29.9 Å². The van der Waals surface area contributed by atoms with Gasteiger partial charge in [0.05, 0.1) is 12.0 Å². The lowest BCUT2D eigenvalue weighted by molar-refractivity contribution is 0.102. The van der Waals surface area contributed by atoms with E-state index in [2.05, 4.69) is 40.5 Å². The molecule has 0 bridgehead atoms. The first-order valence-electron chi connectivity index (χ1n) is 9.99. The SMILES string of the molecule is Cc1cccc(C(=O)Nc2cc(Nc3ncccc3-c3ncnc4nc[nH]c34)ccc2F)n1. The van der Waals surface area contributed by atoms with Crippen LogP contribution in [0.25, 0.3) is 22.4 Å². The summed E-state index contributed by atoms with van der Waals surface area (Å²) in [6.07, 6.45) is 4.61. The second kappa shape index (κ2) is 8.42. The van der Waals surface area contributed by atoms with Crippen LogP contribution in [0.2, 0.25) is 0 Å². The number of fused-ring (bicyclic) bond motifs is 1. The van der Waals surface area contributed by atoms with Crippen molar-refractivity contribution in [3.63, 3.8) is 0 Å². The summed E-state index contributed by atoms with van der Waals surface area (Å²) >= 11 is 0. The number of carbonyl (C=O) groups excluding carboxylic acids is 1. The molecule has 4 heterocycles. The van der Waals surface area contributed by atoms with Gasteiger partial charge in [-0.1, -0.05) is 6.07 Å². The first-order valence-corrected chi connectivity index (χ1v) is 9.99. The van der Waals surface area contributed by atoms with Crippen molar-refractivity contribution in [2.24, 2.45) is 0 Å². The molecule has 5 aromatic rings. The van der Waals surface area contributed by atoms with Gasteiger partial charge in [-0.05, 0) is 49.4 Å². The molecular weight excluding hydrogens is 423 g/mol. The molecule has 0 saturated carbocycles. The maximum atomic E-state index is 14.4. The number of benzene rings is 1. The van der Waals surface area contributed by atoms with Crippen LogP contribution in [0.1, 0.15) is 16.2 Å². The number of anilines is 3. The summed E-state index contributed by atoms with van der Waals surface area (Å²) in [7, 11) is 0. The van der Waals surface area contributed by atoms with Crippen LogP contribution in [0.3, 0.4) is 0 Å². The van der Waals surface area contributed by atoms with Gasteiger partial charge in [-0.15, -0.1) is 0 Å². The molecule has 0 aliphatic heterocycles. The average Bonchev–Trinajstić information content (AvgIpc) is 3.31. The molecule has 0 spiro atoms. The molecule has 10 heteroatoms. The number of rotatable bonds is 5. The van der Waals surface area contributed by atoms with E-state index in [-0.39, 0.29) is 11.4 Å². The summed E-state index contributed by atoms with van der Waals surface area (Å²) in [5, 5.41) is 5.75. The summed E-state index contributed by atoms with van der Waals surface area (Å²) in [6, 6.07) is 13.0. The Bertz CT molecular complexity index is 1480. The second-order valence-corrected chi connectivity index (χ2v) is 7.16. The zero-order chi connectivity index (χ0) is 22.8. The third kappa shape index (κ3) is 4.09. The molecule has 5 rings (SSSR count). The monoisotopic (exact) mass is 440 g/mol. The topological polar surface area (TPSA) is 121 Å². The van der Waals surface area contributed by atoms with E-state index in [1.54, 1.807) is 49.8 Å². The van der Waals surface area contributed by atoms with E-state index in [0.29, 0.717) is 39.6 Å². The summed E-state index contributed by atoms with van der Waals surface area (Å²) < 4.78 is 14.4. The fraction of sp³-hybridized carbons (Fsp3) is 0.0435. The highest BCUT2D eigenvalue weighted by Crippen LogP contribution is 2.31. The summed E-state index contributed by atoms with van der Waals surface area (Å²) in [5.41, 5.74) is 3.96. The third-order valence-electron chi connectivity index (χ3n) is 4.88. The highest BCUT2D eigenvalue weighted by Gasteiger charge is 2.15. The molecule has 3 N–H and O–H groups in total. The van der Waals surface area contributed by atoms with Crippen molar-refractivity contribution in [2.75, 3.05) is 10.6 Å². The van der Waals surface area contributed by atoms with E-state index < -0.39 is 11.7 Å². The summed E-state index contributed by atoms with van der Waals surface area (Å²) in [6.45, 7) is 1.78. The van der Waals surface area contributed by atoms with Crippen LogP contribution in [0.4, 0.5) is 21.6 Å². The van der Waals surface area contributed by atoms with Gasteiger partial charge in [0.1, 0.15) is 34.9 Å². The zero-order valence-electron chi connectivity index (χ0n) is 17.4. The molecule has 162 valence electrons. The van der Waals surface area contributed by atoms with Crippen molar-refractivity contribution in [3.8, 4) is 11.3 Å². The van der Waals surface area contributed by atoms with Gasteiger partial charge in [-0.25, -0.2) is 29.3 Å². The van der Waals surface area contributed by atoms with E-state index >= 15 is 0 Å². The van der Waals surface area contributed by atoms with Crippen LogP contribution in [-0.4, -0.2) is 35.8 Å². The van der Waals surface area contributed by atoms with Crippen LogP contribution in [0, 0.1) is 12.7 Å². The number of halogens is 1. The molecule has 0 aliphatic rings. The number of aromatic nitrogens is 6. The number of carbonyl (C=O) groups is 1. The predicted molar refractivity (Wildman–Crippen MR) is 122 cm³/mol. The van der Waals surface area contributed by atoms with Gasteiger partial charge < -0.3 is 15.6 Å². The molecule has 1 aromatic carbocycles. The number of hydrogen-bond donors (Lipinski definition) is 3. The van der Waals surface area contributed by atoms with Gasteiger partial charge in [-0.3, -0.25) is 4.79 Å². The Morgan fingerprint density at radius 2 is 1.94 bits per heavy atom. The molecule has 4 aromatic heterocycles. The van der Waals surface area contributed by atoms with Crippen molar-refractivity contribution >= 4 is 34.3 Å². The molecule has 33 heavy (non-hydrogen) atoms. The van der Waals surface area contributed by atoms with Crippen molar-refractivity contribution < 1.29 is 9.18 Å². The normalized spacial score (nSPS) is 10.8. The molecule has 0 unspecified atom stereocenters. The minimum atomic E-state index is -0.572. The number of H-pyrrole nitrogens is 1. The Hall–Kier alpha value is -4.73. The van der Waals surface area contributed by atoms with Crippen molar-refractivity contribution in [3.05, 3.63) is 84.6 Å². The first-order chi connectivity index (χ1) is 16.1. The zero-order valence-corrected chi connectivity index (χ0v) is 17.4. The standard InChI is InChI=1S/C23H17FN8O/c1-13-4-2-6-17(30-13)23(33)32-18-10-14(7-8-16(18)24)31-21-15(5-3-9-25-21)19-20-22(28-11-26-19)29-12-27-20/h2-12H,1H3,(H,25,31)(H,32,33)(H,26,27,28,29). The van der Waals surface area contributed by atoms with E-state index in [4.69, 9.17) is 0 Å². The van der Waals surface area contributed by atoms with E-state index in [1.807, 2.05) is 6.07 Å². The molecule has 0 atom stereocenters. The van der Waals surface area contributed by atoms with E-state index in [0.717, 1.165) is 0 Å². The van der Waals surface area contributed by atoms with Crippen LogP contribution in [0.5, 0.6) is 0 Å². The lowest BCUT2D eigenvalue weighted by atomic mass is 10.1. The third-order valence-corrected chi connectivity index (χ3v) is 4.88. The number of imidazole rings is 1. The molecule has 0 radical (unpaired) electrons. The minimum absolute atomic E-state index is 0.0174. The molecular formula is C23H17FN8O. The van der Waals surface area contributed by atoms with Gasteiger partial charge in [0.2, 0.25) is 0 Å². The molecule has 9 nitrogen and oxygen atoms in total. The maximum Gasteiger partial charge on any atom is 0.274 e. The van der Waals surface area contributed by atoms with Crippen molar-refractivity contribution in [2.45, 2.75) is 6.92 Å². The number of pyridine rings is 2. The maximum absolute atomic E-state index is 14.4. The Kier molecular flexibility index (Phi) is 5.15. The molecule has 0 fully saturated rings. The van der Waals surface area contributed by atoms with Gasteiger partial charge in [-0.2, -0.15) is 0 Å². The Morgan fingerprint density at radius 1 is 1.03 bits per heavy atom. The van der Waals surface area contributed by atoms with E-state index in [9.17, 15) is 9.18 Å². The van der Waals surface area contributed by atoms with Crippen LogP contribution < -0.4 is 10.6 Å². The molecule has 1 amide bonds. The van der Waals surface area contributed by atoms with Crippen LogP contribution in [0.15, 0.2) is 67.4 Å². The summed E-state index contributed by atoms with van der Waals surface area (Å²) in [5.74, 6) is -0.579.